The van der Waals surface area contributed by atoms with Crippen LogP contribution in [0, 0.1) is 11.3 Å². The van der Waals surface area contributed by atoms with Gasteiger partial charge in [0, 0.05) is 50.7 Å². The number of imide groups is 1. The molecule has 5 fully saturated rings. The maximum Gasteiger partial charge on any atom is 0.403 e. The minimum absolute atomic E-state index is 0.0151. The Hall–Kier alpha value is -2.62. The highest BCUT2D eigenvalue weighted by Gasteiger charge is 2.66. The first-order valence-electron chi connectivity index (χ1n) is 14.7. The van der Waals surface area contributed by atoms with Gasteiger partial charge in [-0.05, 0) is 63.9 Å². The molecule has 7 nitrogen and oxygen atoms in total. The summed E-state index contributed by atoms with van der Waals surface area (Å²) in [7, 11) is 1.56. The van der Waals surface area contributed by atoms with Crippen LogP contribution in [0.2, 0.25) is 0 Å². The molecule has 0 N–H and O–H groups in total. The van der Waals surface area contributed by atoms with Gasteiger partial charge in [-0.2, -0.15) is 13.2 Å². The Kier molecular flexibility index (Phi) is 6.51. The van der Waals surface area contributed by atoms with E-state index in [2.05, 4.69) is 4.90 Å². The zero-order valence-electron chi connectivity index (χ0n) is 23.5. The number of hydrogen-bond donors (Lipinski definition) is 0. The number of urea groups is 1. The number of hydrogen-bond acceptors (Lipinski definition) is 4. The van der Waals surface area contributed by atoms with Crippen molar-refractivity contribution in [1.29, 1.82) is 0 Å². The van der Waals surface area contributed by atoms with E-state index in [4.69, 9.17) is 0 Å². The molecule has 2 unspecified atom stereocenters. The van der Waals surface area contributed by atoms with Gasteiger partial charge in [-0.15, -0.1) is 0 Å². The number of piperidine rings is 1. The number of halogens is 3. The van der Waals surface area contributed by atoms with Crippen molar-refractivity contribution in [3.63, 3.8) is 0 Å². The molecule has 1 spiro atoms. The van der Waals surface area contributed by atoms with Crippen molar-refractivity contribution in [2.75, 3.05) is 26.7 Å². The Morgan fingerprint density at radius 2 is 1.65 bits per heavy atom. The van der Waals surface area contributed by atoms with Gasteiger partial charge in [-0.3, -0.25) is 19.4 Å². The molecule has 10 heteroatoms. The summed E-state index contributed by atoms with van der Waals surface area (Å²) in [4.78, 5) is 46.8. The van der Waals surface area contributed by atoms with Crippen molar-refractivity contribution in [2.45, 2.75) is 94.6 Å². The number of likely N-dealkylation sites (tertiary alicyclic amines) is 1. The summed E-state index contributed by atoms with van der Waals surface area (Å²) < 4.78 is 42.2. The standard InChI is InChI=1S/C30H39F3N4O3/c1-19(2)37-27(40)34(3)26(39)29(37)14-22-10-11-23(15-29)36(22)17-21-16-35(18-24(21)20-8-5-4-6-9-20)25(38)28(12-7-13-28)30(31,32)33/h4-6,8-9,19,21-24H,7,10-18H2,1-3H3/t21-,22?,23?,24-,29?/m1/s1. The monoisotopic (exact) mass is 560 g/mol. The summed E-state index contributed by atoms with van der Waals surface area (Å²) in [5.41, 5.74) is -2.02. The van der Waals surface area contributed by atoms with Gasteiger partial charge in [0.15, 0.2) is 0 Å². The molecule has 0 aromatic heterocycles. The Labute approximate surface area is 233 Å². The molecule has 6 rings (SSSR count). The second-order valence-electron chi connectivity index (χ2n) is 13.1. The zero-order chi connectivity index (χ0) is 28.6. The summed E-state index contributed by atoms with van der Waals surface area (Å²) in [6, 6.07) is 9.69. The van der Waals surface area contributed by atoms with Crippen molar-refractivity contribution in [1.82, 2.24) is 19.6 Å². The minimum Gasteiger partial charge on any atom is -0.341 e. The van der Waals surface area contributed by atoms with Gasteiger partial charge in [0.1, 0.15) is 11.0 Å². The Balaban J connectivity index is 1.25. The third-order valence-electron chi connectivity index (χ3n) is 10.7. The van der Waals surface area contributed by atoms with Gasteiger partial charge in [-0.25, -0.2) is 4.79 Å². The number of benzene rings is 1. The normalized spacial score (nSPS) is 33.9. The molecule has 4 saturated heterocycles. The van der Waals surface area contributed by atoms with E-state index in [9.17, 15) is 27.6 Å². The zero-order valence-corrected chi connectivity index (χ0v) is 23.5. The maximum atomic E-state index is 14.1. The van der Waals surface area contributed by atoms with Crippen LogP contribution in [-0.4, -0.2) is 94.0 Å². The van der Waals surface area contributed by atoms with Gasteiger partial charge in [0.05, 0.1) is 0 Å². The van der Waals surface area contributed by atoms with Crippen LogP contribution in [0.15, 0.2) is 30.3 Å². The lowest BCUT2D eigenvalue weighted by Crippen LogP contribution is -2.62. The molecule has 4 amide bonds. The second kappa shape index (κ2) is 9.46. The SMILES string of the molecule is CC(C)N1C(=O)N(C)C(=O)C12CC1CCC(C2)N1C[C@H]1CN(C(=O)C2(C(F)(F)F)CCC2)C[C@@H]1c1ccccc1. The summed E-state index contributed by atoms with van der Waals surface area (Å²) in [5.74, 6) is -0.959. The van der Waals surface area contributed by atoms with Gasteiger partial charge in [-0.1, -0.05) is 36.8 Å². The first-order chi connectivity index (χ1) is 18.9. The van der Waals surface area contributed by atoms with Crippen LogP contribution in [0.5, 0.6) is 0 Å². The summed E-state index contributed by atoms with van der Waals surface area (Å²) in [6.07, 6.45) is -1.38. The fraction of sp³-hybridized carbons (Fsp3) is 0.700. The number of alkyl halides is 3. The molecular weight excluding hydrogens is 521 g/mol. The average Bonchev–Trinajstić information content (AvgIpc) is 3.44. The summed E-state index contributed by atoms with van der Waals surface area (Å²) in [6.45, 7) is 5.15. The van der Waals surface area contributed by atoms with E-state index < -0.39 is 23.0 Å². The molecule has 1 aliphatic carbocycles. The van der Waals surface area contributed by atoms with Crippen LogP contribution in [0.3, 0.4) is 0 Å². The average molecular weight is 561 g/mol. The van der Waals surface area contributed by atoms with Crippen LogP contribution in [-0.2, 0) is 9.59 Å². The molecule has 1 saturated carbocycles. The number of carbonyl (C=O) groups is 3. The van der Waals surface area contributed by atoms with Gasteiger partial charge >= 0.3 is 12.2 Å². The van der Waals surface area contributed by atoms with Crippen molar-refractivity contribution < 1.29 is 27.6 Å². The quantitative estimate of drug-likeness (QED) is 0.493. The molecule has 4 heterocycles. The van der Waals surface area contributed by atoms with Crippen LogP contribution in [0.1, 0.15) is 70.3 Å². The summed E-state index contributed by atoms with van der Waals surface area (Å²) in [5, 5.41) is 0. The van der Waals surface area contributed by atoms with Gasteiger partial charge in [0.2, 0.25) is 5.91 Å². The predicted molar refractivity (Wildman–Crippen MR) is 142 cm³/mol. The number of fused-ring (bicyclic) bond motifs is 2. The van der Waals surface area contributed by atoms with Gasteiger partial charge in [0.25, 0.3) is 5.91 Å². The van der Waals surface area contributed by atoms with Crippen molar-refractivity contribution >= 4 is 17.8 Å². The number of amides is 4. The third-order valence-corrected chi connectivity index (χ3v) is 10.7. The minimum atomic E-state index is -4.54. The van der Waals surface area contributed by atoms with Crippen molar-refractivity contribution in [3.05, 3.63) is 35.9 Å². The molecule has 2 bridgehead atoms. The fourth-order valence-electron chi connectivity index (χ4n) is 8.57. The van der Waals surface area contributed by atoms with E-state index in [-0.39, 0.29) is 61.3 Å². The third kappa shape index (κ3) is 3.91. The van der Waals surface area contributed by atoms with Crippen LogP contribution >= 0.6 is 0 Å². The van der Waals surface area contributed by atoms with Crippen molar-refractivity contribution in [3.8, 4) is 0 Å². The number of likely N-dealkylation sites (N-methyl/N-ethyl adjacent to an activating group) is 1. The number of rotatable bonds is 5. The van der Waals surface area contributed by atoms with Crippen LogP contribution < -0.4 is 0 Å². The van der Waals surface area contributed by atoms with E-state index >= 15 is 0 Å². The molecule has 4 aliphatic heterocycles. The highest BCUT2D eigenvalue weighted by atomic mass is 19.4. The van der Waals surface area contributed by atoms with E-state index in [1.165, 1.54) is 9.80 Å². The maximum absolute atomic E-state index is 14.1. The number of nitrogens with zero attached hydrogens (tertiary/aromatic N) is 4. The lowest BCUT2D eigenvalue weighted by Gasteiger charge is -2.48. The molecule has 40 heavy (non-hydrogen) atoms. The molecule has 4 atom stereocenters. The first kappa shape index (κ1) is 27.5. The molecule has 0 radical (unpaired) electrons. The smallest absolute Gasteiger partial charge is 0.341 e. The topological polar surface area (TPSA) is 64.2 Å². The molecular formula is C30H39F3N4O3. The Morgan fingerprint density at radius 3 is 2.17 bits per heavy atom. The fourth-order valence-corrected chi connectivity index (χ4v) is 8.57. The highest BCUT2D eigenvalue weighted by molar-refractivity contribution is 6.07. The van der Waals surface area contributed by atoms with Crippen LogP contribution in [0.4, 0.5) is 18.0 Å². The van der Waals surface area contributed by atoms with Gasteiger partial charge < -0.3 is 9.80 Å². The highest BCUT2D eigenvalue weighted by Crippen LogP contribution is 2.55. The Bertz CT molecular complexity index is 1170. The Morgan fingerprint density at radius 1 is 1.02 bits per heavy atom. The van der Waals surface area contributed by atoms with Crippen molar-refractivity contribution in [2.24, 2.45) is 11.3 Å². The first-order valence-corrected chi connectivity index (χ1v) is 14.7. The number of carbonyl (C=O) groups excluding carboxylic acids is 3. The van der Waals surface area contributed by atoms with E-state index in [1.54, 1.807) is 11.9 Å². The van der Waals surface area contributed by atoms with Crippen LogP contribution in [0.25, 0.3) is 0 Å². The molecule has 1 aromatic carbocycles. The lowest BCUT2D eigenvalue weighted by molar-refractivity contribution is -0.248. The van der Waals surface area contributed by atoms with E-state index in [1.807, 2.05) is 44.2 Å². The molecule has 5 aliphatic rings. The second-order valence-corrected chi connectivity index (χ2v) is 13.1. The molecule has 1 aromatic rings. The molecule has 218 valence electrons. The predicted octanol–water partition coefficient (Wildman–Crippen LogP) is 4.63. The largest absolute Gasteiger partial charge is 0.403 e. The van der Waals surface area contributed by atoms with E-state index in [0.29, 0.717) is 32.4 Å². The van der Waals surface area contributed by atoms with E-state index in [0.717, 1.165) is 18.4 Å². The lowest BCUT2D eigenvalue weighted by atomic mass is 9.67. The summed E-state index contributed by atoms with van der Waals surface area (Å²) >= 11 is 0.